The van der Waals surface area contributed by atoms with E-state index in [4.69, 9.17) is 0 Å². The molecule has 2 heteroatoms. The zero-order valence-electron chi connectivity index (χ0n) is 5.54. The van der Waals surface area contributed by atoms with Gasteiger partial charge in [-0.3, -0.25) is 9.98 Å². The van der Waals surface area contributed by atoms with Crippen molar-refractivity contribution in [1.82, 2.24) is 0 Å². The molecule has 0 bridgehead atoms. The zero-order chi connectivity index (χ0) is 7.11. The van der Waals surface area contributed by atoms with E-state index in [1.54, 1.807) is 25.6 Å². The van der Waals surface area contributed by atoms with Crippen LogP contribution in [0, 0.1) is 0 Å². The van der Waals surface area contributed by atoms with E-state index in [1.807, 2.05) is 0 Å². The number of nitrogens with zero attached hydrogens (tertiary/aromatic N) is 2. The lowest BCUT2D eigenvalue weighted by Crippen LogP contribution is -1.74. The molecule has 0 saturated carbocycles. The van der Waals surface area contributed by atoms with E-state index in [0.717, 1.165) is 0 Å². The molecule has 0 aliphatic rings. The lowest BCUT2D eigenvalue weighted by atomic mass is 10.5. The summed E-state index contributed by atoms with van der Waals surface area (Å²) >= 11 is 0. The average Bonchev–Trinajstić information content (AvgIpc) is 1.89. The molecule has 0 amide bonds. The highest BCUT2D eigenvalue weighted by atomic mass is 14.7. The van der Waals surface area contributed by atoms with E-state index >= 15 is 0 Å². The maximum Gasteiger partial charge on any atom is 0.0552 e. The molecule has 9 heavy (non-hydrogen) atoms. The molecule has 48 valence electrons. The average molecular weight is 122 g/mol. The number of rotatable bonds is 3. The Labute approximate surface area is 55.3 Å². The van der Waals surface area contributed by atoms with Crippen molar-refractivity contribution in [3.8, 4) is 0 Å². The molecule has 0 aliphatic heterocycles. The molecule has 0 saturated heterocycles. The summed E-state index contributed by atoms with van der Waals surface area (Å²) in [6.45, 7) is 7.05. The Morgan fingerprint density at radius 3 is 2.56 bits per heavy atom. The third kappa shape index (κ3) is 4.68. The SMILES string of the molecule is C=CC(=C)/N=C\C=N/C. The Hall–Kier alpha value is -1.18. The molecule has 2 nitrogen and oxygen atoms in total. The highest BCUT2D eigenvalue weighted by Crippen LogP contribution is 1.88. The lowest BCUT2D eigenvalue weighted by molar-refractivity contribution is 1.45. The van der Waals surface area contributed by atoms with E-state index in [9.17, 15) is 0 Å². The fourth-order valence-corrected chi connectivity index (χ4v) is 0.248. The first kappa shape index (κ1) is 7.82. The maximum atomic E-state index is 3.85. The van der Waals surface area contributed by atoms with Crippen LogP contribution in [0.5, 0.6) is 0 Å². The van der Waals surface area contributed by atoms with Crippen molar-refractivity contribution in [3.05, 3.63) is 24.9 Å². The van der Waals surface area contributed by atoms with Crippen molar-refractivity contribution in [2.24, 2.45) is 9.98 Å². The number of allylic oxidation sites excluding steroid dienone is 1. The molecule has 0 aromatic rings. The molecule has 0 aromatic carbocycles. The summed E-state index contributed by atoms with van der Waals surface area (Å²) < 4.78 is 0. The van der Waals surface area contributed by atoms with Crippen LogP contribution in [0.15, 0.2) is 34.9 Å². The van der Waals surface area contributed by atoms with Crippen molar-refractivity contribution in [2.75, 3.05) is 7.05 Å². The van der Waals surface area contributed by atoms with Crippen LogP contribution >= 0.6 is 0 Å². The van der Waals surface area contributed by atoms with Gasteiger partial charge in [0.1, 0.15) is 0 Å². The van der Waals surface area contributed by atoms with Gasteiger partial charge < -0.3 is 0 Å². The van der Waals surface area contributed by atoms with Crippen molar-refractivity contribution in [3.63, 3.8) is 0 Å². The zero-order valence-corrected chi connectivity index (χ0v) is 5.54. The lowest BCUT2D eigenvalue weighted by Gasteiger charge is -1.81. The highest BCUT2D eigenvalue weighted by Gasteiger charge is 1.72. The van der Waals surface area contributed by atoms with Gasteiger partial charge in [-0.2, -0.15) is 0 Å². The van der Waals surface area contributed by atoms with Crippen LogP contribution < -0.4 is 0 Å². The van der Waals surface area contributed by atoms with Gasteiger partial charge >= 0.3 is 0 Å². The second-order valence-electron chi connectivity index (χ2n) is 1.38. The van der Waals surface area contributed by atoms with E-state index in [1.165, 1.54) is 0 Å². The summed E-state index contributed by atoms with van der Waals surface area (Å²) in [5.41, 5.74) is 0.648. The number of hydrogen-bond donors (Lipinski definition) is 0. The summed E-state index contributed by atoms with van der Waals surface area (Å²) in [4.78, 5) is 7.54. The standard InChI is InChI=1S/C7H10N2/c1-4-7(2)9-6-5-8-3/h4-6H,1-2H2,3H3/b8-5-,9-6-. The second-order valence-corrected chi connectivity index (χ2v) is 1.38. The molecule has 0 unspecified atom stereocenters. The van der Waals surface area contributed by atoms with E-state index in [0.29, 0.717) is 5.70 Å². The van der Waals surface area contributed by atoms with Gasteiger partial charge in [-0.25, -0.2) is 0 Å². The minimum absolute atomic E-state index is 0.648. The molecular formula is C7H10N2. The fourth-order valence-electron chi connectivity index (χ4n) is 0.248. The van der Waals surface area contributed by atoms with Crippen LogP contribution in [0.25, 0.3) is 0 Å². The van der Waals surface area contributed by atoms with Gasteiger partial charge in [-0.05, 0) is 6.08 Å². The van der Waals surface area contributed by atoms with Gasteiger partial charge in [0.2, 0.25) is 0 Å². The molecule has 0 aromatic heterocycles. The van der Waals surface area contributed by atoms with E-state index < -0.39 is 0 Å². The first-order valence-corrected chi connectivity index (χ1v) is 2.57. The van der Waals surface area contributed by atoms with Crippen LogP contribution in [-0.2, 0) is 0 Å². The summed E-state index contributed by atoms with van der Waals surface area (Å²) in [6, 6.07) is 0. The van der Waals surface area contributed by atoms with Gasteiger partial charge in [-0.15, -0.1) is 0 Å². The molecular weight excluding hydrogens is 112 g/mol. The first-order valence-electron chi connectivity index (χ1n) is 2.57. The molecule has 0 heterocycles. The van der Waals surface area contributed by atoms with Crippen LogP contribution in [0.3, 0.4) is 0 Å². The minimum Gasteiger partial charge on any atom is -0.295 e. The second kappa shape index (κ2) is 4.97. The molecule has 0 fully saturated rings. The molecule has 0 aliphatic carbocycles. The smallest absolute Gasteiger partial charge is 0.0552 e. The predicted octanol–water partition coefficient (Wildman–Crippen LogP) is 1.46. The molecule has 0 radical (unpaired) electrons. The number of aliphatic imine (C=N–C) groups is 2. The molecule has 0 spiro atoms. The van der Waals surface area contributed by atoms with Crippen LogP contribution in [-0.4, -0.2) is 19.5 Å². The van der Waals surface area contributed by atoms with Crippen molar-refractivity contribution in [2.45, 2.75) is 0 Å². The monoisotopic (exact) mass is 122 g/mol. The Kier molecular flexibility index (Phi) is 4.32. The third-order valence-electron chi connectivity index (χ3n) is 0.692. The van der Waals surface area contributed by atoms with Crippen LogP contribution in [0.4, 0.5) is 0 Å². The quantitative estimate of drug-likeness (QED) is 0.400. The molecule has 0 atom stereocenters. The Bertz CT molecular complexity index is 154. The summed E-state index contributed by atoms with van der Waals surface area (Å²) in [7, 11) is 1.68. The predicted molar refractivity (Wildman–Crippen MR) is 42.2 cm³/mol. The largest absolute Gasteiger partial charge is 0.295 e. The minimum atomic E-state index is 0.648. The maximum absolute atomic E-state index is 3.85. The summed E-state index contributed by atoms with van der Waals surface area (Å²) in [5, 5.41) is 0. The van der Waals surface area contributed by atoms with Gasteiger partial charge in [0, 0.05) is 19.5 Å². The summed E-state index contributed by atoms with van der Waals surface area (Å²) in [5.74, 6) is 0. The van der Waals surface area contributed by atoms with Gasteiger partial charge in [0.15, 0.2) is 0 Å². The van der Waals surface area contributed by atoms with Crippen LogP contribution in [0.1, 0.15) is 0 Å². The van der Waals surface area contributed by atoms with Gasteiger partial charge in [-0.1, -0.05) is 13.2 Å². The van der Waals surface area contributed by atoms with Gasteiger partial charge in [0.25, 0.3) is 0 Å². The third-order valence-corrected chi connectivity index (χ3v) is 0.692. The first-order chi connectivity index (χ1) is 4.31. The van der Waals surface area contributed by atoms with Crippen molar-refractivity contribution < 1.29 is 0 Å². The van der Waals surface area contributed by atoms with Crippen LogP contribution in [0.2, 0.25) is 0 Å². The molecule has 0 N–H and O–H groups in total. The Balaban J connectivity index is 3.70. The van der Waals surface area contributed by atoms with E-state index in [2.05, 4.69) is 23.1 Å². The van der Waals surface area contributed by atoms with E-state index in [-0.39, 0.29) is 0 Å². The Morgan fingerprint density at radius 1 is 1.44 bits per heavy atom. The molecule has 0 rings (SSSR count). The Morgan fingerprint density at radius 2 is 2.11 bits per heavy atom. The van der Waals surface area contributed by atoms with Gasteiger partial charge in [0.05, 0.1) is 5.70 Å². The van der Waals surface area contributed by atoms with Crippen molar-refractivity contribution in [1.29, 1.82) is 0 Å². The number of hydrogen-bond acceptors (Lipinski definition) is 2. The van der Waals surface area contributed by atoms with Crippen molar-refractivity contribution >= 4 is 12.4 Å². The normalized spacial score (nSPS) is 10.8. The fraction of sp³-hybridized carbons (Fsp3) is 0.143. The highest BCUT2D eigenvalue weighted by molar-refractivity contribution is 6.16. The topological polar surface area (TPSA) is 24.7 Å². The summed E-state index contributed by atoms with van der Waals surface area (Å²) in [6.07, 6.45) is 4.75.